The maximum absolute atomic E-state index is 10.6. The molecule has 0 fully saturated rings. The van der Waals surface area contributed by atoms with Gasteiger partial charge < -0.3 is 9.88 Å². The van der Waals surface area contributed by atoms with Crippen LogP contribution in [0.1, 0.15) is 19.5 Å². The Balaban J connectivity index is 2.32. The minimum absolute atomic E-state index is 0.00919. The van der Waals surface area contributed by atoms with E-state index in [9.17, 15) is 4.79 Å². The molecule has 0 radical (unpaired) electrons. The van der Waals surface area contributed by atoms with E-state index in [0.29, 0.717) is 6.54 Å². The molecule has 13 heavy (non-hydrogen) atoms. The van der Waals surface area contributed by atoms with Gasteiger partial charge in [-0.2, -0.15) is 0 Å². The van der Waals surface area contributed by atoms with E-state index < -0.39 is 0 Å². The number of nitrogens with zero attached hydrogens (tertiary/aromatic N) is 2. The fourth-order valence-electron chi connectivity index (χ4n) is 1.08. The number of aryl methyl sites for hydroxylation is 1. The molecule has 1 amide bonds. The lowest BCUT2D eigenvalue weighted by Gasteiger charge is -1.98. The van der Waals surface area contributed by atoms with Crippen molar-refractivity contribution in [3.05, 3.63) is 18.2 Å². The molecule has 0 aromatic carbocycles. The normalized spacial score (nSPS) is 10.0. The fourth-order valence-corrected chi connectivity index (χ4v) is 1.08. The number of rotatable bonds is 4. The first-order valence-electron chi connectivity index (χ1n) is 4.47. The predicted molar refractivity (Wildman–Crippen MR) is 50.3 cm³/mol. The van der Waals surface area contributed by atoms with Crippen LogP contribution in [0.15, 0.2) is 12.5 Å². The van der Waals surface area contributed by atoms with E-state index in [2.05, 4.69) is 17.2 Å². The Hall–Kier alpha value is -1.32. The average Bonchev–Trinajstić information content (AvgIpc) is 2.52. The monoisotopic (exact) mass is 181 g/mol. The maximum Gasteiger partial charge on any atom is 0.216 e. The minimum Gasteiger partial charge on any atom is -0.356 e. The highest BCUT2D eigenvalue weighted by molar-refractivity contribution is 5.72. The molecule has 1 N–H and O–H groups in total. The zero-order valence-corrected chi connectivity index (χ0v) is 8.08. The molecule has 0 saturated carbocycles. The van der Waals surface area contributed by atoms with Crippen molar-refractivity contribution in [2.75, 3.05) is 6.54 Å². The summed E-state index contributed by atoms with van der Waals surface area (Å²) in [5.74, 6) is 0.00919. The first-order chi connectivity index (χ1) is 6.22. The Morgan fingerprint density at radius 1 is 1.69 bits per heavy atom. The molecule has 72 valence electrons. The second kappa shape index (κ2) is 4.64. The lowest BCUT2D eigenvalue weighted by Crippen LogP contribution is -2.22. The van der Waals surface area contributed by atoms with Gasteiger partial charge in [0.2, 0.25) is 5.91 Å². The number of hydrogen-bond acceptors (Lipinski definition) is 2. The van der Waals surface area contributed by atoms with Gasteiger partial charge in [-0.15, -0.1) is 0 Å². The van der Waals surface area contributed by atoms with Crippen LogP contribution in [0.2, 0.25) is 0 Å². The maximum atomic E-state index is 10.6. The van der Waals surface area contributed by atoms with E-state index in [1.54, 1.807) is 0 Å². The van der Waals surface area contributed by atoms with Crippen molar-refractivity contribution in [1.29, 1.82) is 0 Å². The van der Waals surface area contributed by atoms with Gasteiger partial charge in [0.25, 0.3) is 0 Å². The molecule has 0 aliphatic heterocycles. The standard InChI is InChI=1S/C9H15N3O/c1-3-12-6-9(11-7-12)4-5-10-8(2)13/h6-7H,3-5H2,1-2H3,(H,10,13). The summed E-state index contributed by atoms with van der Waals surface area (Å²) in [5.41, 5.74) is 1.02. The predicted octanol–water partition coefficient (Wildman–Crippen LogP) is 0.582. The van der Waals surface area contributed by atoms with Crippen LogP contribution in [0.4, 0.5) is 0 Å². The van der Waals surface area contributed by atoms with Crippen molar-refractivity contribution in [1.82, 2.24) is 14.9 Å². The van der Waals surface area contributed by atoms with Gasteiger partial charge in [-0.1, -0.05) is 0 Å². The Labute approximate surface area is 78.0 Å². The Morgan fingerprint density at radius 3 is 3.00 bits per heavy atom. The number of aromatic nitrogens is 2. The minimum atomic E-state index is 0.00919. The molecule has 0 saturated heterocycles. The molecular formula is C9H15N3O. The van der Waals surface area contributed by atoms with Gasteiger partial charge in [0, 0.05) is 32.6 Å². The fraction of sp³-hybridized carbons (Fsp3) is 0.556. The molecule has 0 spiro atoms. The van der Waals surface area contributed by atoms with Crippen LogP contribution in [0.5, 0.6) is 0 Å². The summed E-state index contributed by atoms with van der Waals surface area (Å²) in [6, 6.07) is 0. The lowest BCUT2D eigenvalue weighted by molar-refractivity contribution is -0.118. The molecular weight excluding hydrogens is 166 g/mol. The van der Waals surface area contributed by atoms with Crippen LogP contribution in [0.3, 0.4) is 0 Å². The summed E-state index contributed by atoms with van der Waals surface area (Å²) in [7, 11) is 0. The highest BCUT2D eigenvalue weighted by Gasteiger charge is 1.97. The number of hydrogen-bond donors (Lipinski definition) is 1. The molecule has 1 rings (SSSR count). The van der Waals surface area contributed by atoms with Crippen LogP contribution in [-0.4, -0.2) is 22.0 Å². The first-order valence-corrected chi connectivity index (χ1v) is 4.47. The number of carbonyl (C=O) groups excluding carboxylic acids is 1. The summed E-state index contributed by atoms with van der Waals surface area (Å²) < 4.78 is 2.02. The number of nitrogens with one attached hydrogen (secondary N) is 1. The molecule has 1 aromatic rings. The molecule has 4 nitrogen and oxygen atoms in total. The van der Waals surface area contributed by atoms with Gasteiger partial charge >= 0.3 is 0 Å². The topological polar surface area (TPSA) is 46.9 Å². The largest absolute Gasteiger partial charge is 0.356 e. The third kappa shape index (κ3) is 3.27. The zero-order chi connectivity index (χ0) is 9.68. The van der Waals surface area contributed by atoms with E-state index in [1.807, 2.05) is 17.1 Å². The molecule has 1 aromatic heterocycles. The Kier molecular flexibility index (Phi) is 3.49. The van der Waals surface area contributed by atoms with E-state index in [0.717, 1.165) is 18.7 Å². The van der Waals surface area contributed by atoms with Crippen molar-refractivity contribution in [3.8, 4) is 0 Å². The van der Waals surface area contributed by atoms with Gasteiger partial charge in [0.15, 0.2) is 0 Å². The zero-order valence-electron chi connectivity index (χ0n) is 8.08. The van der Waals surface area contributed by atoms with E-state index >= 15 is 0 Å². The van der Waals surface area contributed by atoms with Gasteiger partial charge in [0.05, 0.1) is 12.0 Å². The van der Waals surface area contributed by atoms with E-state index in [4.69, 9.17) is 0 Å². The number of amides is 1. The number of carbonyl (C=O) groups is 1. The first kappa shape index (κ1) is 9.77. The summed E-state index contributed by atoms with van der Waals surface area (Å²) in [6.45, 7) is 5.19. The average molecular weight is 181 g/mol. The summed E-state index contributed by atoms with van der Waals surface area (Å²) in [4.78, 5) is 14.8. The van der Waals surface area contributed by atoms with Crippen molar-refractivity contribution >= 4 is 5.91 Å². The van der Waals surface area contributed by atoms with Crippen LogP contribution in [0, 0.1) is 0 Å². The van der Waals surface area contributed by atoms with Crippen LogP contribution >= 0.6 is 0 Å². The molecule has 0 bridgehead atoms. The third-order valence-electron chi connectivity index (χ3n) is 1.81. The molecule has 4 heteroatoms. The third-order valence-corrected chi connectivity index (χ3v) is 1.81. The van der Waals surface area contributed by atoms with Crippen molar-refractivity contribution in [3.63, 3.8) is 0 Å². The highest BCUT2D eigenvalue weighted by Crippen LogP contribution is 1.96. The highest BCUT2D eigenvalue weighted by atomic mass is 16.1. The van der Waals surface area contributed by atoms with Crippen LogP contribution < -0.4 is 5.32 Å². The quantitative estimate of drug-likeness (QED) is 0.738. The smallest absolute Gasteiger partial charge is 0.216 e. The molecule has 0 aliphatic rings. The summed E-state index contributed by atoms with van der Waals surface area (Å²) >= 11 is 0. The lowest BCUT2D eigenvalue weighted by atomic mass is 10.3. The van der Waals surface area contributed by atoms with E-state index in [-0.39, 0.29) is 5.91 Å². The van der Waals surface area contributed by atoms with Crippen molar-refractivity contribution < 1.29 is 4.79 Å². The second-order valence-corrected chi connectivity index (χ2v) is 2.93. The molecule has 1 heterocycles. The molecule has 0 aliphatic carbocycles. The van der Waals surface area contributed by atoms with Gasteiger partial charge in [-0.3, -0.25) is 4.79 Å². The van der Waals surface area contributed by atoms with E-state index in [1.165, 1.54) is 6.92 Å². The second-order valence-electron chi connectivity index (χ2n) is 2.93. The van der Waals surface area contributed by atoms with Gasteiger partial charge in [-0.05, 0) is 6.92 Å². The number of imidazole rings is 1. The SMILES string of the molecule is CCn1cnc(CCNC(C)=O)c1. The van der Waals surface area contributed by atoms with Gasteiger partial charge in [0.1, 0.15) is 0 Å². The van der Waals surface area contributed by atoms with Crippen molar-refractivity contribution in [2.45, 2.75) is 26.8 Å². The van der Waals surface area contributed by atoms with Crippen LogP contribution in [0.25, 0.3) is 0 Å². The Bertz CT molecular complexity index is 280. The summed E-state index contributed by atoms with van der Waals surface area (Å²) in [6.07, 6.45) is 4.61. The molecule has 0 atom stereocenters. The Morgan fingerprint density at radius 2 is 2.46 bits per heavy atom. The molecule has 0 unspecified atom stereocenters. The summed E-state index contributed by atoms with van der Waals surface area (Å²) in [5, 5.41) is 2.73. The van der Waals surface area contributed by atoms with Crippen LogP contribution in [-0.2, 0) is 17.8 Å². The van der Waals surface area contributed by atoms with Gasteiger partial charge in [-0.25, -0.2) is 4.98 Å². The van der Waals surface area contributed by atoms with Crippen molar-refractivity contribution in [2.24, 2.45) is 0 Å².